The van der Waals surface area contributed by atoms with Crippen LogP contribution < -0.4 is 5.32 Å². The number of fused-ring (bicyclic) bond motifs is 1. The summed E-state index contributed by atoms with van der Waals surface area (Å²) >= 11 is 0. The first-order chi connectivity index (χ1) is 7.75. The third-order valence-corrected chi connectivity index (χ3v) is 3.75. The average Bonchev–Trinajstić information content (AvgIpc) is 2.61. The molecule has 3 rings (SSSR count). The molecule has 1 aromatic heterocycles. The topological polar surface area (TPSA) is 37.8 Å². The highest BCUT2D eigenvalue weighted by atomic mass is 15.0. The van der Waals surface area contributed by atoms with Crippen LogP contribution in [0.1, 0.15) is 67.7 Å². The number of aromatic nitrogens is 2. The summed E-state index contributed by atoms with van der Waals surface area (Å²) in [6, 6.07) is 0. The molecule has 0 atom stereocenters. The zero-order valence-corrected chi connectivity index (χ0v) is 10.1. The molecule has 16 heavy (non-hydrogen) atoms. The number of hydrogen-bond donors (Lipinski definition) is 1. The van der Waals surface area contributed by atoms with Crippen LogP contribution >= 0.6 is 0 Å². The molecule has 1 saturated carbocycles. The fraction of sp³-hybridized carbons (Fsp3) is 0.692. The second-order valence-electron chi connectivity index (χ2n) is 5.28. The maximum atomic E-state index is 4.81. The van der Waals surface area contributed by atoms with Gasteiger partial charge in [-0.05, 0) is 18.8 Å². The van der Waals surface area contributed by atoms with Gasteiger partial charge in [0.2, 0.25) is 0 Å². The molecular formula is C13H19N3. The molecule has 0 spiro atoms. The summed E-state index contributed by atoms with van der Waals surface area (Å²) in [6.45, 7) is 6.34. The molecular weight excluding hydrogens is 198 g/mol. The minimum Gasteiger partial charge on any atom is -0.307 e. The number of nitrogens with one attached hydrogen (secondary N) is 1. The zero-order chi connectivity index (χ0) is 11.1. The highest BCUT2D eigenvalue weighted by Gasteiger charge is 2.27. The van der Waals surface area contributed by atoms with Crippen molar-refractivity contribution in [1.82, 2.24) is 15.3 Å². The van der Waals surface area contributed by atoms with Crippen molar-refractivity contribution in [2.45, 2.75) is 58.0 Å². The van der Waals surface area contributed by atoms with Gasteiger partial charge in [0, 0.05) is 24.6 Å². The Morgan fingerprint density at radius 2 is 2.00 bits per heavy atom. The summed E-state index contributed by atoms with van der Waals surface area (Å²) in [5.41, 5.74) is 3.88. The van der Waals surface area contributed by atoms with Crippen LogP contribution in [0.15, 0.2) is 0 Å². The van der Waals surface area contributed by atoms with Crippen molar-refractivity contribution < 1.29 is 0 Å². The molecule has 2 aliphatic rings. The lowest BCUT2D eigenvalue weighted by molar-refractivity contribution is 0.398. The Morgan fingerprint density at radius 1 is 1.19 bits per heavy atom. The van der Waals surface area contributed by atoms with Crippen molar-refractivity contribution in [2.24, 2.45) is 0 Å². The number of rotatable bonds is 2. The first kappa shape index (κ1) is 10.2. The van der Waals surface area contributed by atoms with Gasteiger partial charge in [0.25, 0.3) is 0 Å². The summed E-state index contributed by atoms with van der Waals surface area (Å²) < 4.78 is 0. The van der Waals surface area contributed by atoms with Crippen LogP contribution in [0.4, 0.5) is 0 Å². The van der Waals surface area contributed by atoms with Crippen molar-refractivity contribution >= 4 is 0 Å². The van der Waals surface area contributed by atoms with E-state index in [1.165, 1.54) is 36.2 Å². The zero-order valence-electron chi connectivity index (χ0n) is 10.1. The normalized spacial score (nSPS) is 19.9. The maximum Gasteiger partial charge on any atom is 0.132 e. The van der Waals surface area contributed by atoms with E-state index in [-0.39, 0.29) is 0 Å². The highest BCUT2D eigenvalue weighted by Crippen LogP contribution is 2.36. The smallest absolute Gasteiger partial charge is 0.132 e. The van der Waals surface area contributed by atoms with E-state index < -0.39 is 0 Å². The van der Waals surface area contributed by atoms with Crippen LogP contribution in [-0.4, -0.2) is 9.97 Å². The van der Waals surface area contributed by atoms with Gasteiger partial charge >= 0.3 is 0 Å². The molecule has 0 aromatic carbocycles. The Kier molecular flexibility index (Phi) is 2.43. The predicted molar refractivity (Wildman–Crippen MR) is 63.3 cm³/mol. The molecule has 1 fully saturated rings. The fourth-order valence-corrected chi connectivity index (χ4v) is 2.54. The average molecular weight is 217 g/mol. The Balaban J connectivity index is 2.05. The lowest BCUT2D eigenvalue weighted by atomic mass is 9.84. The summed E-state index contributed by atoms with van der Waals surface area (Å²) in [4.78, 5) is 9.56. The van der Waals surface area contributed by atoms with E-state index in [1.807, 2.05) is 0 Å². The van der Waals surface area contributed by atoms with Gasteiger partial charge in [-0.2, -0.15) is 0 Å². The first-order valence-electron chi connectivity index (χ1n) is 6.36. The van der Waals surface area contributed by atoms with Crippen LogP contribution in [-0.2, 0) is 13.1 Å². The van der Waals surface area contributed by atoms with Crippen LogP contribution in [0.3, 0.4) is 0 Å². The van der Waals surface area contributed by atoms with Gasteiger partial charge in [-0.25, -0.2) is 9.97 Å². The van der Waals surface area contributed by atoms with E-state index >= 15 is 0 Å². The monoisotopic (exact) mass is 217 g/mol. The van der Waals surface area contributed by atoms with Gasteiger partial charge in [0.05, 0.1) is 11.4 Å². The fourth-order valence-electron chi connectivity index (χ4n) is 2.54. The van der Waals surface area contributed by atoms with E-state index in [9.17, 15) is 0 Å². The summed E-state index contributed by atoms with van der Waals surface area (Å²) in [5.74, 6) is 2.26. The van der Waals surface area contributed by atoms with E-state index in [4.69, 9.17) is 9.97 Å². The molecule has 2 heterocycles. The largest absolute Gasteiger partial charge is 0.307 e. The Labute approximate surface area is 96.7 Å². The lowest BCUT2D eigenvalue weighted by Gasteiger charge is -2.25. The Hall–Kier alpha value is -0.960. The standard InChI is InChI=1S/C13H19N3/c1-8(2)12-10-6-14-7-11(10)15-13(16-12)9-4-3-5-9/h8-9,14H,3-7H2,1-2H3. The molecule has 0 bridgehead atoms. The second kappa shape index (κ2) is 3.81. The predicted octanol–water partition coefficient (Wildman–Crippen LogP) is 2.47. The molecule has 0 saturated heterocycles. The first-order valence-corrected chi connectivity index (χ1v) is 6.36. The number of hydrogen-bond acceptors (Lipinski definition) is 3. The van der Waals surface area contributed by atoms with Crippen LogP contribution in [0.25, 0.3) is 0 Å². The van der Waals surface area contributed by atoms with Gasteiger partial charge in [0.1, 0.15) is 5.82 Å². The quantitative estimate of drug-likeness (QED) is 0.827. The molecule has 1 N–H and O–H groups in total. The van der Waals surface area contributed by atoms with E-state index in [0.29, 0.717) is 11.8 Å². The molecule has 1 aliphatic heterocycles. The van der Waals surface area contributed by atoms with Gasteiger partial charge in [0.15, 0.2) is 0 Å². The molecule has 3 nitrogen and oxygen atoms in total. The summed E-state index contributed by atoms with van der Waals surface area (Å²) in [6.07, 6.45) is 3.91. The van der Waals surface area contributed by atoms with Crippen molar-refractivity contribution in [3.05, 3.63) is 22.8 Å². The molecule has 86 valence electrons. The Morgan fingerprint density at radius 3 is 2.62 bits per heavy atom. The number of nitrogens with zero attached hydrogens (tertiary/aromatic N) is 2. The van der Waals surface area contributed by atoms with E-state index in [1.54, 1.807) is 0 Å². The van der Waals surface area contributed by atoms with Crippen molar-refractivity contribution in [3.8, 4) is 0 Å². The minimum atomic E-state index is 0.510. The van der Waals surface area contributed by atoms with Crippen LogP contribution in [0.2, 0.25) is 0 Å². The lowest BCUT2D eigenvalue weighted by Crippen LogP contribution is -2.16. The molecule has 1 aromatic rings. The maximum absolute atomic E-state index is 4.81. The van der Waals surface area contributed by atoms with Crippen molar-refractivity contribution in [3.63, 3.8) is 0 Å². The SMILES string of the molecule is CC(C)c1nc(C2CCC2)nc2c1CNC2. The van der Waals surface area contributed by atoms with E-state index in [0.717, 1.165) is 18.9 Å². The minimum absolute atomic E-state index is 0.510. The van der Waals surface area contributed by atoms with Crippen LogP contribution in [0, 0.1) is 0 Å². The highest BCUT2D eigenvalue weighted by molar-refractivity contribution is 5.32. The van der Waals surface area contributed by atoms with Crippen molar-refractivity contribution in [1.29, 1.82) is 0 Å². The third-order valence-electron chi connectivity index (χ3n) is 3.75. The molecule has 3 heteroatoms. The van der Waals surface area contributed by atoms with E-state index in [2.05, 4.69) is 19.2 Å². The summed E-state index contributed by atoms with van der Waals surface area (Å²) in [7, 11) is 0. The third kappa shape index (κ3) is 1.54. The van der Waals surface area contributed by atoms with Crippen molar-refractivity contribution in [2.75, 3.05) is 0 Å². The summed E-state index contributed by atoms with van der Waals surface area (Å²) in [5, 5.41) is 3.38. The van der Waals surface area contributed by atoms with Crippen LogP contribution in [0.5, 0.6) is 0 Å². The Bertz CT molecular complexity index is 408. The molecule has 0 radical (unpaired) electrons. The molecule has 0 unspecified atom stereocenters. The van der Waals surface area contributed by atoms with Gasteiger partial charge in [-0.1, -0.05) is 20.3 Å². The van der Waals surface area contributed by atoms with Gasteiger partial charge in [-0.15, -0.1) is 0 Å². The van der Waals surface area contributed by atoms with Gasteiger partial charge < -0.3 is 5.32 Å². The van der Waals surface area contributed by atoms with Gasteiger partial charge in [-0.3, -0.25) is 0 Å². The molecule has 0 amide bonds. The molecule has 1 aliphatic carbocycles. The second-order valence-corrected chi connectivity index (χ2v) is 5.28.